The number of rotatable bonds is 7. The number of nitrogens with zero attached hydrogens (tertiary/aromatic N) is 7. The van der Waals surface area contributed by atoms with Crippen LogP contribution >= 0.6 is 0 Å². The molecule has 66 heavy (non-hydrogen) atoms. The highest BCUT2D eigenvalue weighted by Crippen LogP contribution is 2.43. The number of hydrogen-bond donors (Lipinski definition) is 0. The Morgan fingerprint density at radius 2 is 0.576 bits per heavy atom. The van der Waals surface area contributed by atoms with E-state index in [1.807, 2.05) is 103 Å². The van der Waals surface area contributed by atoms with E-state index in [0.29, 0.717) is 17.5 Å². The van der Waals surface area contributed by atoms with E-state index in [2.05, 4.69) is 130 Å². The van der Waals surface area contributed by atoms with Gasteiger partial charge in [0.1, 0.15) is 0 Å². The minimum Gasteiger partial charge on any atom is -0.309 e. The van der Waals surface area contributed by atoms with E-state index in [9.17, 15) is 0 Å². The second kappa shape index (κ2) is 15.3. The molecule has 0 N–H and O–H groups in total. The first-order valence-corrected chi connectivity index (χ1v) is 22.1. The van der Waals surface area contributed by atoms with Gasteiger partial charge in [-0.3, -0.25) is 0 Å². The summed E-state index contributed by atoms with van der Waals surface area (Å²) < 4.78 is 4.77. The second-order valence-corrected chi connectivity index (χ2v) is 16.5. The summed E-state index contributed by atoms with van der Waals surface area (Å²) in [5, 5.41) is 4.83. The summed E-state index contributed by atoms with van der Waals surface area (Å²) in [7, 11) is 0. The van der Waals surface area contributed by atoms with Gasteiger partial charge < -0.3 is 9.13 Å². The van der Waals surface area contributed by atoms with Gasteiger partial charge in [-0.05, 0) is 72.8 Å². The lowest BCUT2D eigenvalue weighted by Gasteiger charge is -2.13. The summed E-state index contributed by atoms with van der Waals surface area (Å²) in [4.78, 5) is 25.2. The average molecular weight is 844 g/mol. The van der Waals surface area contributed by atoms with Gasteiger partial charge in [-0.1, -0.05) is 152 Å². The predicted octanol–water partition coefficient (Wildman–Crippen LogP) is 14.3. The third-order valence-electron chi connectivity index (χ3n) is 12.6. The van der Waals surface area contributed by atoms with Crippen molar-refractivity contribution in [2.75, 3.05) is 0 Å². The molecule has 0 unspecified atom stereocenters. The molecule has 13 rings (SSSR count). The van der Waals surface area contributed by atoms with E-state index in [-0.39, 0.29) is 0 Å². The number of aromatic nitrogens is 7. The number of para-hydroxylation sites is 4. The lowest BCUT2D eigenvalue weighted by Crippen LogP contribution is -2.00. The molecule has 0 aliphatic heterocycles. The van der Waals surface area contributed by atoms with Crippen LogP contribution in [-0.2, 0) is 0 Å². The molecule has 0 spiro atoms. The van der Waals surface area contributed by atoms with Crippen molar-refractivity contribution >= 4 is 54.6 Å². The molecule has 0 saturated heterocycles. The summed E-state index contributed by atoms with van der Waals surface area (Å²) in [5.74, 6) is 1.91. The highest BCUT2D eigenvalue weighted by atomic mass is 15.0. The smallest absolute Gasteiger partial charge is 0.164 e. The van der Waals surface area contributed by atoms with Crippen molar-refractivity contribution in [1.29, 1.82) is 0 Å². The Labute approximate surface area is 379 Å². The summed E-state index contributed by atoms with van der Waals surface area (Å²) in [6.45, 7) is 0. The lowest BCUT2D eigenvalue weighted by molar-refractivity contribution is 1.07. The van der Waals surface area contributed by atoms with Crippen LogP contribution in [0, 0.1) is 0 Å². The summed E-state index contributed by atoms with van der Waals surface area (Å²) in [6.07, 6.45) is 0. The van der Waals surface area contributed by atoms with Crippen LogP contribution in [0.4, 0.5) is 0 Å². The first-order valence-electron chi connectivity index (χ1n) is 22.1. The minimum atomic E-state index is 0.626. The van der Waals surface area contributed by atoms with Gasteiger partial charge in [0.05, 0.1) is 44.5 Å². The molecule has 9 aromatic carbocycles. The Bertz CT molecular complexity index is 3900. The maximum atomic E-state index is 5.17. The topological polar surface area (TPSA) is 74.3 Å². The monoisotopic (exact) mass is 843 g/mol. The normalized spacial score (nSPS) is 11.6. The fourth-order valence-corrected chi connectivity index (χ4v) is 9.54. The lowest BCUT2D eigenvalue weighted by atomic mass is 10.0. The van der Waals surface area contributed by atoms with Crippen molar-refractivity contribution in [3.05, 3.63) is 224 Å². The number of hydrogen-bond acceptors (Lipinski definition) is 5. The van der Waals surface area contributed by atoms with Gasteiger partial charge in [0, 0.05) is 60.7 Å². The Morgan fingerprint density at radius 3 is 1.02 bits per heavy atom. The Kier molecular flexibility index (Phi) is 8.70. The van der Waals surface area contributed by atoms with Gasteiger partial charge in [-0.15, -0.1) is 0 Å². The third kappa shape index (κ3) is 6.17. The fourth-order valence-electron chi connectivity index (χ4n) is 9.54. The fraction of sp³-hybridized carbons (Fsp3) is 0. The van der Waals surface area contributed by atoms with Crippen molar-refractivity contribution in [2.24, 2.45) is 0 Å². The molecular weight excluding hydrogens is 807 g/mol. The van der Waals surface area contributed by atoms with Crippen LogP contribution in [0.3, 0.4) is 0 Å². The quantitative estimate of drug-likeness (QED) is 0.160. The molecule has 4 heterocycles. The van der Waals surface area contributed by atoms with Crippen LogP contribution in [0.25, 0.3) is 123 Å². The highest BCUT2D eigenvalue weighted by molar-refractivity contribution is 6.29. The molecular formula is C59H37N7. The molecule has 0 aliphatic rings. The van der Waals surface area contributed by atoms with Crippen molar-refractivity contribution in [3.8, 4) is 68.1 Å². The zero-order valence-corrected chi connectivity index (χ0v) is 35.5. The van der Waals surface area contributed by atoms with Gasteiger partial charge in [-0.25, -0.2) is 24.9 Å². The van der Waals surface area contributed by atoms with E-state index >= 15 is 0 Å². The van der Waals surface area contributed by atoms with Crippen LogP contribution in [0.2, 0.25) is 0 Å². The van der Waals surface area contributed by atoms with Crippen LogP contribution in [0.1, 0.15) is 0 Å². The standard InChI is InChI=1S/C59H37N7/c1-4-16-38(17-5-1)55-56(61-48-25-13-12-24-47(48)60-55)39-28-32-43(33-29-39)65-49-26-14-10-22-45(49)53-51(65)36-37-52-54(53)46-23-11-15-27-50(46)66(52)44-34-30-42(31-35-44)59-63-57(40-18-6-2-7-19-40)62-58(64-59)41-20-8-3-9-21-41/h1-37H. The van der Waals surface area contributed by atoms with Gasteiger partial charge >= 0.3 is 0 Å². The maximum absolute atomic E-state index is 5.17. The molecule has 0 aliphatic carbocycles. The maximum Gasteiger partial charge on any atom is 0.164 e. The van der Waals surface area contributed by atoms with Crippen LogP contribution in [-0.4, -0.2) is 34.1 Å². The zero-order valence-electron chi connectivity index (χ0n) is 35.5. The molecule has 0 atom stereocenters. The second-order valence-electron chi connectivity index (χ2n) is 16.5. The molecule has 7 nitrogen and oxygen atoms in total. The number of benzene rings is 9. The zero-order chi connectivity index (χ0) is 43.6. The van der Waals surface area contributed by atoms with Gasteiger partial charge in [0.25, 0.3) is 0 Å². The van der Waals surface area contributed by atoms with Gasteiger partial charge in [-0.2, -0.15) is 0 Å². The van der Waals surface area contributed by atoms with E-state index in [4.69, 9.17) is 24.9 Å². The van der Waals surface area contributed by atoms with Crippen LogP contribution in [0.5, 0.6) is 0 Å². The molecule has 0 fully saturated rings. The summed E-state index contributed by atoms with van der Waals surface area (Å²) in [6, 6.07) is 78.0. The minimum absolute atomic E-state index is 0.626. The molecule has 0 amide bonds. The molecule has 0 saturated carbocycles. The third-order valence-corrected chi connectivity index (χ3v) is 12.6. The van der Waals surface area contributed by atoms with Crippen molar-refractivity contribution in [3.63, 3.8) is 0 Å². The van der Waals surface area contributed by atoms with E-state index in [0.717, 1.165) is 83.7 Å². The van der Waals surface area contributed by atoms with Crippen LogP contribution in [0.15, 0.2) is 224 Å². The Balaban J connectivity index is 0.940. The first kappa shape index (κ1) is 37.5. The molecule has 7 heteroatoms. The van der Waals surface area contributed by atoms with Gasteiger partial charge in [0.15, 0.2) is 17.5 Å². The van der Waals surface area contributed by atoms with E-state index < -0.39 is 0 Å². The average Bonchev–Trinajstić information content (AvgIpc) is 3.92. The number of fused-ring (bicyclic) bond motifs is 8. The Hall–Kier alpha value is -9.07. The molecule has 0 bridgehead atoms. The van der Waals surface area contributed by atoms with Crippen molar-refractivity contribution in [2.45, 2.75) is 0 Å². The molecule has 13 aromatic rings. The Morgan fingerprint density at radius 1 is 0.242 bits per heavy atom. The SMILES string of the molecule is c1ccc(-c2nc(-c3ccccc3)nc(-c3ccc(-n4c5ccccc5c5c6c7ccccc7n(-c7ccc(-c8nc9ccccc9nc8-c8ccccc8)cc7)c6ccc54)cc3)n2)cc1. The van der Waals surface area contributed by atoms with Crippen molar-refractivity contribution in [1.82, 2.24) is 34.1 Å². The molecule has 4 aromatic heterocycles. The molecule has 0 radical (unpaired) electrons. The molecule has 308 valence electrons. The van der Waals surface area contributed by atoms with Crippen LogP contribution < -0.4 is 0 Å². The predicted molar refractivity (Wildman–Crippen MR) is 269 cm³/mol. The summed E-state index contributed by atoms with van der Waals surface area (Å²) >= 11 is 0. The van der Waals surface area contributed by atoms with Gasteiger partial charge in [0.2, 0.25) is 0 Å². The largest absolute Gasteiger partial charge is 0.309 e. The summed E-state index contributed by atoms with van der Waals surface area (Å²) in [5.41, 5.74) is 15.0. The van der Waals surface area contributed by atoms with Crippen molar-refractivity contribution < 1.29 is 0 Å². The first-order chi connectivity index (χ1) is 32.7. The van der Waals surface area contributed by atoms with E-state index in [1.54, 1.807) is 0 Å². The van der Waals surface area contributed by atoms with E-state index in [1.165, 1.54) is 21.5 Å². The highest BCUT2D eigenvalue weighted by Gasteiger charge is 2.22.